The zero-order valence-corrected chi connectivity index (χ0v) is 8.37. The van der Waals surface area contributed by atoms with Crippen LogP contribution in [0.1, 0.15) is 39.2 Å². The first-order chi connectivity index (χ1) is 5.23. The molecule has 62 valence electrons. The van der Waals surface area contributed by atoms with Crippen LogP contribution in [0.3, 0.4) is 0 Å². The van der Waals surface area contributed by atoms with Crippen LogP contribution in [-0.4, -0.2) is 0 Å². The molecule has 1 aromatic rings. The van der Waals surface area contributed by atoms with Gasteiger partial charge in [0.1, 0.15) is 0 Å². The number of hydrogen-bond acceptors (Lipinski definition) is 1. The van der Waals surface area contributed by atoms with Crippen LogP contribution in [-0.2, 0) is 5.41 Å². The normalized spacial score (nSPS) is 11.9. The molecule has 0 spiro atoms. The average molecular weight is 168 g/mol. The second kappa shape index (κ2) is 3.40. The topological polar surface area (TPSA) is 0 Å². The predicted octanol–water partition coefficient (Wildman–Crippen LogP) is 3.83. The molecular weight excluding hydrogens is 152 g/mol. The lowest BCUT2D eigenvalue weighted by Gasteiger charge is -2.25. The summed E-state index contributed by atoms with van der Waals surface area (Å²) in [6.07, 6.45) is 2.47. The molecule has 0 radical (unpaired) electrons. The van der Waals surface area contributed by atoms with Gasteiger partial charge in [0, 0.05) is 0 Å². The first-order valence-corrected chi connectivity index (χ1v) is 5.20. The van der Waals surface area contributed by atoms with Gasteiger partial charge in [0.2, 0.25) is 0 Å². The van der Waals surface area contributed by atoms with Crippen molar-refractivity contribution in [1.82, 2.24) is 0 Å². The third-order valence-electron chi connectivity index (χ3n) is 2.78. The molecule has 0 fully saturated rings. The lowest BCUT2D eigenvalue weighted by atomic mass is 9.79. The molecule has 0 aliphatic carbocycles. The first kappa shape index (κ1) is 8.79. The van der Waals surface area contributed by atoms with E-state index in [0.717, 1.165) is 0 Å². The molecule has 0 aromatic carbocycles. The summed E-state index contributed by atoms with van der Waals surface area (Å²) in [5, 5.41) is 4.44. The summed E-state index contributed by atoms with van der Waals surface area (Å²) in [6, 6.07) is 2.25. The highest BCUT2D eigenvalue weighted by atomic mass is 32.1. The molecule has 1 heterocycles. The van der Waals surface area contributed by atoms with Crippen molar-refractivity contribution in [2.24, 2.45) is 0 Å². The van der Waals surface area contributed by atoms with Gasteiger partial charge in [0.05, 0.1) is 0 Å². The van der Waals surface area contributed by atoms with Crippen LogP contribution in [0.4, 0.5) is 0 Å². The van der Waals surface area contributed by atoms with Crippen LogP contribution in [0.5, 0.6) is 0 Å². The maximum absolute atomic E-state index is 2.34. The van der Waals surface area contributed by atoms with Crippen LogP contribution in [0.15, 0.2) is 16.8 Å². The Kier molecular flexibility index (Phi) is 2.72. The number of rotatable bonds is 3. The zero-order chi connectivity index (χ0) is 8.32. The summed E-state index contributed by atoms with van der Waals surface area (Å²) in [5.74, 6) is 0. The van der Waals surface area contributed by atoms with Crippen molar-refractivity contribution in [3.05, 3.63) is 22.4 Å². The van der Waals surface area contributed by atoms with E-state index >= 15 is 0 Å². The number of hydrogen-bond donors (Lipinski definition) is 0. The smallest absolute Gasteiger partial charge is 0.00557 e. The van der Waals surface area contributed by atoms with Gasteiger partial charge in [-0.1, -0.05) is 20.8 Å². The molecule has 0 unspecified atom stereocenters. The minimum Gasteiger partial charge on any atom is -0.152 e. The second-order valence-corrected chi connectivity index (χ2v) is 4.06. The van der Waals surface area contributed by atoms with E-state index in [0.29, 0.717) is 5.41 Å². The summed E-state index contributed by atoms with van der Waals surface area (Å²) in [4.78, 5) is 0. The molecule has 0 nitrogen and oxygen atoms in total. The summed E-state index contributed by atoms with van der Waals surface area (Å²) in [7, 11) is 0. The predicted molar refractivity (Wildman–Crippen MR) is 52.3 cm³/mol. The molecule has 1 aromatic heterocycles. The van der Waals surface area contributed by atoms with Crippen molar-refractivity contribution in [2.75, 3.05) is 0 Å². The fourth-order valence-corrected chi connectivity index (χ4v) is 2.08. The van der Waals surface area contributed by atoms with Crippen molar-refractivity contribution >= 4 is 11.3 Å². The highest BCUT2D eigenvalue weighted by Crippen LogP contribution is 2.31. The van der Waals surface area contributed by atoms with Crippen LogP contribution < -0.4 is 0 Å². The molecule has 0 bridgehead atoms. The Morgan fingerprint density at radius 3 is 2.36 bits per heavy atom. The Morgan fingerprint density at radius 1 is 1.36 bits per heavy atom. The zero-order valence-electron chi connectivity index (χ0n) is 7.55. The van der Waals surface area contributed by atoms with Crippen LogP contribution >= 0.6 is 11.3 Å². The van der Waals surface area contributed by atoms with Gasteiger partial charge in [-0.25, -0.2) is 0 Å². The quantitative estimate of drug-likeness (QED) is 0.643. The van der Waals surface area contributed by atoms with Gasteiger partial charge in [0.15, 0.2) is 0 Å². The Balaban J connectivity index is 2.87. The van der Waals surface area contributed by atoms with Crippen LogP contribution in [0.2, 0.25) is 0 Å². The largest absolute Gasteiger partial charge is 0.152 e. The van der Waals surface area contributed by atoms with E-state index in [2.05, 4.69) is 37.6 Å². The van der Waals surface area contributed by atoms with E-state index < -0.39 is 0 Å². The summed E-state index contributed by atoms with van der Waals surface area (Å²) in [5.41, 5.74) is 1.92. The van der Waals surface area contributed by atoms with Gasteiger partial charge < -0.3 is 0 Å². The molecular formula is C10H16S. The van der Waals surface area contributed by atoms with Crippen molar-refractivity contribution in [2.45, 2.75) is 39.0 Å². The van der Waals surface area contributed by atoms with Gasteiger partial charge >= 0.3 is 0 Å². The molecule has 1 heteroatoms. The average Bonchev–Trinajstić information content (AvgIpc) is 2.55. The summed E-state index contributed by atoms with van der Waals surface area (Å²) in [6.45, 7) is 6.87. The highest BCUT2D eigenvalue weighted by Gasteiger charge is 2.21. The Hall–Kier alpha value is -0.300. The summed E-state index contributed by atoms with van der Waals surface area (Å²) >= 11 is 1.80. The van der Waals surface area contributed by atoms with Gasteiger partial charge in [-0.15, -0.1) is 0 Å². The SMILES string of the molecule is CCC(C)(CC)c1ccsc1. The maximum atomic E-state index is 2.34. The Labute approximate surface area is 73.3 Å². The lowest BCUT2D eigenvalue weighted by molar-refractivity contribution is 0.440. The Morgan fingerprint density at radius 2 is 2.00 bits per heavy atom. The maximum Gasteiger partial charge on any atom is -0.00557 e. The molecule has 11 heavy (non-hydrogen) atoms. The highest BCUT2D eigenvalue weighted by molar-refractivity contribution is 7.08. The van der Waals surface area contributed by atoms with Gasteiger partial charge in [0.25, 0.3) is 0 Å². The minimum atomic E-state index is 0.417. The van der Waals surface area contributed by atoms with E-state index in [1.54, 1.807) is 11.3 Å². The fourth-order valence-electron chi connectivity index (χ4n) is 1.27. The molecule has 0 aliphatic heterocycles. The van der Waals surface area contributed by atoms with Gasteiger partial charge in [-0.3, -0.25) is 0 Å². The van der Waals surface area contributed by atoms with E-state index in [9.17, 15) is 0 Å². The molecule has 1 rings (SSSR count). The van der Waals surface area contributed by atoms with Crippen LogP contribution in [0.25, 0.3) is 0 Å². The molecule has 0 aliphatic rings. The third kappa shape index (κ3) is 1.64. The lowest BCUT2D eigenvalue weighted by Crippen LogP contribution is -2.18. The minimum absolute atomic E-state index is 0.417. The second-order valence-electron chi connectivity index (χ2n) is 3.28. The van der Waals surface area contributed by atoms with Gasteiger partial charge in [-0.05, 0) is 40.6 Å². The standard InChI is InChI=1S/C10H16S/c1-4-10(3,5-2)9-6-7-11-8-9/h6-8H,4-5H2,1-3H3. The molecule has 0 N–H and O–H groups in total. The Bertz CT molecular complexity index is 195. The van der Waals surface area contributed by atoms with Crippen molar-refractivity contribution in [3.63, 3.8) is 0 Å². The first-order valence-electron chi connectivity index (χ1n) is 4.25. The fraction of sp³-hybridized carbons (Fsp3) is 0.600. The van der Waals surface area contributed by atoms with E-state index in [1.165, 1.54) is 18.4 Å². The van der Waals surface area contributed by atoms with Crippen molar-refractivity contribution < 1.29 is 0 Å². The van der Waals surface area contributed by atoms with E-state index in [4.69, 9.17) is 0 Å². The molecule has 0 saturated carbocycles. The van der Waals surface area contributed by atoms with Crippen molar-refractivity contribution in [3.8, 4) is 0 Å². The monoisotopic (exact) mass is 168 g/mol. The van der Waals surface area contributed by atoms with E-state index in [1.807, 2.05) is 0 Å². The van der Waals surface area contributed by atoms with Crippen molar-refractivity contribution in [1.29, 1.82) is 0 Å². The van der Waals surface area contributed by atoms with Gasteiger partial charge in [-0.2, -0.15) is 11.3 Å². The molecule has 0 amide bonds. The van der Waals surface area contributed by atoms with Crippen LogP contribution in [0, 0.1) is 0 Å². The molecule has 0 saturated heterocycles. The number of thiophene rings is 1. The van der Waals surface area contributed by atoms with E-state index in [-0.39, 0.29) is 0 Å². The third-order valence-corrected chi connectivity index (χ3v) is 3.46. The summed E-state index contributed by atoms with van der Waals surface area (Å²) < 4.78 is 0. The molecule has 0 atom stereocenters.